The molecule has 0 spiro atoms. The first-order valence-electron chi connectivity index (χ1n) is 5.48. The Kier molecular flexibility index (Phi) is 2.34. The molecule has 0 aromatic carbocycles. The van der Waals surface area contributed by atoms with E-state index in [9.17, 15) is 4.79 Å². The molecule has 2 aliphatic carbocycles. The van der Waals surface area contributed by atoms with Crippen LogP contribution in [0.25, 0.3) is 0 Å². The first-order chi connectivity index (χ1) is 6.61. The molecule has 2 bridgehead atoms. The Hall–Kier alpha value is -0.570. The highest BCUT2D eigenvalue weighted by atomic mass is 16.6. The van der Waals surface area contributed by atoms with Crippen LogP contribution in [0.4, 0.5) is 0 Å². The number of carbonyl (C=O) groups excluding carboxylic acids is 1. The van der Waals surface area contributed by atoms with Gasteiger partial charge in [0.25, 0.3) is 0 Å². The Labute approximate surface area is 91.8 Å². The van der Waals surface area contributed by atoms with Crippen molar-refractivity contribution in [3.8, 4) is 0 Å². The van der Waals surface area contributed by atoms with Crippen LogP contribution in [0.5, 0.6) is 0 Å². The predicted molar refractivity (Wildman–Crippen MR) is 58.3 cm³/mol. The van der Waals surface area contributed by atoms with E-state index in [4.69, 9.17) is 4.74 Å². The summed E-state index contributed by atoms with van der Waals surface area (Å²) >= 11 is 0. The highest BCUT2D eigenvalue weighted by molar-refractivity contribution is 5.79. The second kappa shape index (κ2) is 3.21. The molecular formula is C12H21NO2. The van der Waals surface area contributed by atoms with E-state index in [1.807, 2.05) is 14.1 Å². The Morgan fingerprint density at radius 3 is 2.40 bits per heavy atom. The molecular weight excluding hydrogens is 190 g/mol. The molecule has 3 nitrogen and oxygen atoms in total. The smallest absolute Gasteiger partial charge is 0.225 e. The van der Waals surface area contributed by atoms with Gasteiger partial charge in [-0.25, -0.2) is 0 Å². The van der Waals surface area contributed by atoms with E-state index in [2.05, 4.69) is 6.92 Å². The van der Waals surface area contributed by atoms with E-state index in [0.29, 0.717) is 35.9 Å². The summed E-state index contributed by atoms with van der Waals surface area (Å²) in [6, 6.07) is 0. The summed E-state index contributed by atoms with van der Waals surface area (Å²) in [6.45, 7) is 2.22. The van der Waals surface area contributed by atoms with Crippen LogP contribution in [0.1, 0.15) is 20.8 Å². The normalized spacial score (nSPS) is 49.5. The summed E-state index contributed by atoms with van der Waals surface area (Å²) in [5.41, 5.74) is 0. The Balaban J connectivity index is 0.000000853. The molecule has 86 valence electrons. The van der Waals surface area contributed by atoms with Gasteiger partial charge >= 0.3 is 0 Å². The number of carbonyl (C=O) groups is 1. The predicted octanol–water partition coefficient (Wildman–Crippen LogP) is 1.38. The van der Waals surface area contributed by atoms with Crippen molar-refractivity contribution in [1.82, 2.24) is 4.90 Å². The van der Waals surface area contributed by atoms with Crippen molar-refractivity contribution in [2.75, 3.05) is 14.1 Å². The maximum absolute atomic E-state index is 12.0. The lowest BCUT2D eigenvalue weighted by atomic mass is 9.80. The molecule has 3 aliphatic rings. The molecule has 2 saturated carbocycles. The third-order valence-electron chi connectivity index (χ3n) is 4.38. The van der Waals surface area contributed by atoms with Crippen LogP contribution >= 0.6 is 0 Å². The quantitative estimate of drug-likeness (QED) is 0.614. The topological polar surface area (TPSA) is 32.8 Å². The van der Waals surface area contributed by atoms with E-state index in [-0.39, 0.29) is 13.3 Å². The van der Waals surface area contributed by atoms with Crippen molar-refractivity contribution < 1.29 is 9.53 Å². The fourth-order valence-electron chi connectivity index (χ4n) is 3.63. The highest BCUT2D eigenvalue weighted by Gasteiger charge is 2.67. The fourth-order valence-corrected chi connectivity index (χ4v) is 3.63. The molecule has 0 radical (unpaired) electrons. The lowest BCUT2D eigenvalue weighted by molar-refractivity contribution is -0.136. The average molecular weight is 211 g/mol. The molecule has 3 rings (SSSR count). The van der Waals surface area contributed by atoms with Crippen LogP contribution < -0.4 is 0 Å². The van der Waals surface area contributed by atoms with Gasteiger partial charge in [0.15, 0.2) is 0 Å². The van der Waals surface area contributed by atoms with E-state index in [0.717, 1.165) is 0 Å². The molecule has 1 saturated heterocycles. The highest BCUT2D eigenvalue weighted by Crippen LogP contribution is 2.61. The number of hydrogen-bond donors (Lipinski definition) is 0. The maximum Gasteiger partial charge on any atom is 0.225 e. The zero-order chi connectivity index (χ0) is 10.0. The van der Waals surface area contributed by atoms with Crippen molar-refractivity contribution in [3.63, 3.8) is 0 Å². The Bertz CT molecular complexity index is 289. The van der Waals surface area contributed by atoms with E-state index < -0.39 is 0 Å². The van der Waals surface area contributed by atoms with Crippen LogP contribution in [0, 0.1) is 23.7 Å². The van der Waals surface area contributed by atoms with Gasteiger partial charge in [-0.15, -0.1) is 0 Å². The SMILES string of the molecule is C.CC1C2CC(C3OC23)C1C(=O)N(C)C. The second-order valence-electron chi connectivity index (χ2n) is 5.25. The molecule has 3 heteroatoms. The van der Waals surface area contributed by atoms with E-state index >= 15 is 0 Å². The molecule has 6 atom stereocenters. The summed E-state index contributed by atoms with van der Waals surface area (Å²) in [6.07, 6.45) is 2.17. The molecule has 1 aliphatic heterocycles. The van der Waals surface area contributed by atoms with Gasteiger partial charge in [-0.05, 0) is 24.2 Å². The third kappa shape index (κ3) is 1.25. The summed E-state index contributed by atoms with van der Waals surface area (Å²) in [7, 11) is 3.71. The Morgan fingerprint density at radius 2 is 1.87 bits per heavy atom. The largest absolute Gasteiger partial charge is 0.369 e. The number of epoxide rings is 1. The molecule has 1 amide bonds. The number of ether oxygens (including phenoxy) is 1. The second-order valence-corrected chi connectivity index (χ2v) is 5.25. The minimum atomic E-state index is 0. The van der Waals surface area contributed by atoms with Gasteiger partial charge in [0, 0.05) is 20.0 Å². The fraction of sp³-hybridized carbons (Fsp3) is 0.917. The van der Waals surface area contributed by atoms with Gasteiger partial charge < -0.3 is 9.64 Å². The summed E-state index contributed by atoms with van der Waals surface area (Å²) < 4.78 is 5.60. The van der Waals surface area contributed by atoms with E-state index in [1.165, 1.54) is 6.42 Å². The number of hydrogen-bond acceptors (Lipinski definition) is 2. The van der Waals surface area contributed by atoms with Gasteiger partial charge in [0.05, 0.1) is 12.2 Å². The zero-order valence-electron chi connectivity index (χ0n) is 8.93. The lowest BCUT2D eigenvalue weighted by Crippen LogP contribution is -2.39. The number of nitrogens with zero attached hydrogens (tertiary/aromatic N) is 1. The number of amides is 1. The van der Waals surface area contributed by atoms with Crippen LogP contribution in [0.15, 0.2) is 0 Å². The molecule has 0 aromatic rings. The monoisotopic (exact) mass is 211 g/mol. The third-order valence-corrected chi connectivity index (χ3v) is 4.38. The minimum Gasteiger partial charge on any atom is -0.369 e. The standard InChI is InChI=1S/C11H17NO2.CH4/c1-5-6-4-7(10-9(6)14-10)8(5)11(13)12(2)3;/h5-10H,4H2,1-3H3;1H4. The maximum atomic E-state index is 12.0. The Morgan fingerprint density at radius 1 is 1.27 bits per heavy atom. The van der Waals surface area contributed by atoms with Gasteiger partial charge in [-0.2, -0.15) is 0 Å². The van der Waals surface area contributed by atoms with Gasteiger partial charge in [-0.1, -0.05) is 14.4 Å². The average Bonchev–Trinajstić information content (AvgIpc) is 2.77. The van der Waals surface area contributed by atoms with Crippen molar-refractivity contribution >= 4 is 5.91 Å². The van der Waals surface area contributed by atoms with Crippen LogP contribution in [0.3, 0.4) is 0 Å². The van der Waals surface area contributed by atoms with Gasteiger partial charge in [0.2, 0.25) is 5.91 Å². The van der Waals surface area contributed by atoms with Crippen molar-refractivity contribution in [2.45, 2.75) is 33.0 Å². The zero-order valence-corrected chi connectivity index (χ0v) is 8.93. The van der Waals surface area contributed by atoms with Crippen molar-refractivity contribution in [3.05, 3.63) is 0 Å². The minimum absolute atomic E-state index is 0. The van der Waals surface area contributed by atoms with Gasteiger partial charge in [0.1, 0.15) is 0 Å². The van der Waals surface area contributed by atoms with Crippen molar-refractivity contribution in [1.29, 1.82) is 0 Å². The summed E-state index contributed by atoms with van der Waals surface area (Å²) in [4.78, 5) is 13.7. The molecule has 0 N–H and O–H groups in total. The molecule has 6 unspecified atom stereocenters. The molecule has 15 heavy (non-hydrogen) atoms. The molecule has 3 fully saturated rings. The first-order valence-corrected chi connectivity index (χ1v) is 5.48. The molecule has 1 heterocycles. The lowest BCUT2D eigenvalue weighted by Gasteiger charge is -2.27. The number of rotatable bonds is 1. The molecule has 0 aromatic heterocycles. The summed E-state index contributed by atoms with van der Waals surface area (Å²) in [5, 5.41) is 0. The van der Waals surface area contributed by atoms with Crippen molar-refractivity contribution in [2.24, 2.45) is 23.7 Å². The number of fused-ring (bicyclic) bond motifs is 5. The van der Waals surface area contributed by atoms with Crippen LogP contribution in [0.2, 0.25) is 0 Å². The first kappa shape index (κ1) is 10.9. The van der Waals surface area contributed by atoms with E-state index in [1.54, 1.807) is 4.90 Å². The van der Waals surface area contributed by atoms with Gasteiger partial charge in [-0.3, -0.25) is 4.79 Å². The van der Waals surface area contributed by atoms with Crippen LogP contribution in [-0.4, -0.2) is 37.1 Å². The van der Waals surface area contributed by atoms with Crippen LogP contribution in [-0.2, 0) is 9.53 Å². The summed E-state index contributed by atoms with van der Waals surface area (Å²) in [5.74, 6) is 2.25.